The van der Waals surface area contributed by atoms with Gasteiger partial charge >= 0.3 is 0 Å². The lowest BCUT2D eigenvalue weighted by atomic mass is 10.0. The van der Waals surface area contributed by atoms with Crippen molar-refractivity contribution in [3.63, 3.8) is 0 Å². The third-order valence-electron chi connectivity index (χ3n) is 4.77. The molecule has 0 unspecified atom stereocenters. The summed E-state index contributed by atoms with van der Waals surface area (Å²) in [6.45, 7) is 0. The molecular weight excluding hydrogens is 406 g/mol. The van der Waals surface area contributed by atoms with Gasteiger partial charge in [0.15, 0.2) is 11.6 Å². The van der Waals surface area contributed by atoms with Crippen LogP contribution in [0.3, 0.4) is 0 Å². The van der Waals surface area contributed by atoms with Crippen LogP contribution in [0, 0.1) is 0 Å². The van der Waals surface area contributed by atoms with Crippen molar-refractivity contribution in [3.8, 4) is 5.75 Å². The first kappa shape index (κ1) is 20.7. The van der Waals surface area contributed by atoms with Crippen LogP contribution in [-0.2, 0) is 0 Å². The number of rotatable bonds is 5. The number of azo groups is 1. The smallest absolute Gasteiger partial charge is 0.259 e. The lowest BCUT2D eigenvalue weighted by molar-refractivity contribution is 0.0962. The van der Waals surface area contributed by atoms with Crippen LogP contribution in [0.15, 0.2) is 89.2 Å². The second-order valence-electron chi connectivity index (χ2n) is 6.82. The lowest BCUT2D eigenvalue weighted by Gasteiger charge is -2.11. The zero-order valence-electron chi connectivity index (χ0n) is 17.1. The van der Waals surface area contributed by atoms with Gasteiger partial charge in [-0.2, -0.15) is 0 Å². The van der Waals surface area contributed by atoms with E-state index >= 15 is 0 Å². The maximum atomic E-state index is 12.9. The molecule has 3 N–H and O–H groups in total. The molecule has 4 rings (SSSR count). The molecule has 0 aliphatic carbocycles. The topological polar surface area (TPSA) is 116 Å². The van der Waals surface area contributed by atoms with Crippen molar-refractivity contribution in [3.05, 3.63) is 90.1 Å². The van der Waals surface area contributed by atoms with E-state index < -0.39 is 5.91 Å². The number of phenolic OH excluding ortho intramolecular Hbond substituents is 1. The molecule has 0 spiro atoms. The Kier molecular flexibility index (Phi) is 5.85. The maximum absolute atomic E-state index is 12.9. The van der Waals surface area contributed by atoms with Crippen LogP contribution < -0.4 is 10.6 Å². The van der Waals surface area contributed by atoms with Crippen LogP contribution in [-0.4, -0.2) is 29.0 Å². The van der Waals surface area contributed by atoms with Gasteiger partial charge in [-0.25, -0.2) is 4.98 Å². The van der Waals surface area contributed by atoms with Crippen molar-refractivity contribution < 1.29 is 14.7 Å². The highest BCUT2D eigenvalue weighted by Crippen LogP contribution is 2.39. The van der Waals surface area contributed by atoms with E-state index in [1.165, 1.54) is 13.2 Å². The minimum absolute atomic E-state index is 0.0500. The summed E-state index contributed by atoms with van der Waals surface area (Å²) in [6, 6.07) is 20.9. The molecule has 158 valence electrons. The molecule has 0 aliphatic rings. The molecular formula is C24H19N5O3. The third-order valence-corrected chi connectivity index (χ3v) is 4.77. The summed E-state index contributed by atoms with van der Waals surface area (Å²) in [5.74, 6) is -1.08. The van der Waals surface area contributed by atoms with Gasteiger partial charge in [-0.15, -0.1) is 10.2 Å². The van der Waals surface area contributed by atoms with Gasteiger partial charge in [-0.3, -0.25) is 9.59 Å². The number of hydrogen-bond donors (Lipinski definition) is 3. The second-order valence-corrected chi connectivity index (χ2v) is 6.82. The summed E-state index contributed by atoms with van der Waals surface area (Å²) in [6.07, 6.45) is 1.49. The van der Waals surface area contributed by atoms with Crippen LogP contribution in [0.5, 0.6) is 5.75 Å². The van der Waals surface area contributed by atoms with Gasteiger partial charge in [0.2, 0.25) is 0 Å². The number of nitrogens with zero attached hydrogens (tertiary/aromatic N) is 3. The minimum Gasteiger partial charge on any atom is -0.505 e. The normalized spacial score (nSPS) is 10.9. The molecule has 8 nitrogen and oxygen atoms in total. The molecule has 4 aromatic rings. The third kappa shape index (κ3) is 4.15. The van der Waals surface area contributed by atoms with E-state index in [0.717, 1.165) is 0 Å². The average molecular weight is 425 g/mol. The summed E-state index contributed by atoms with van der Waals surface area (Å²) in [7, 11) is 1.50. The van der Waals surface area contributed by atoms with Crippen molar-refractivity contribution in [2.75, 3.05) is 12.4 Å². The number of aromatic hydroxyl groups is 1. The van der Waals surface area contributed by atoms with Gasteiger partial charge in [-0.1, -0.05) is 42.5 Å². The summed E-state index contributed by atoms with van der Waals surface area (Å²) >= 11 is 0. The van der Waals surface area contributed by atoms with Crippen LogP contribution >= 0.6 is 0 Å². The number of carbonyl (C=O) groups excluding carboxylic acids is 2. The zero-order valence-corrected chi connectivity index (χ0v) is 17.1. The fraction of sp³-hybridized carbons (Fsp3) is 0.0417. The Morgan fingerprint density at radius 1 is 0.875 bits per heavy atom. The predicted molar refractivity (Wildman–Crippen MR) is 122 cm³/mol. The Morgan fingerprint density at radius 3 is 2.41 bits per heavy atom. The molecule has 0 saturated carbocycles. The number of carbonyl (C=O) groups is 2. The number of hydrogen-bond acceptors (Lipinski definition) is 6. The number of phenols is 1. The molecule has 2 amide bonds. The molecule has 0 saturated heterocycles. The van der Waals surface area contributed by atoms with Gasteiger partial charge in [0.05, 0.1) is 11.1 Å². The van der Waals surface area contributed by atoms with E-state index in [2.05, 4.69) is 25.8 Å². The quantitative estimate of drug-likeness (QED) is 0.392. The SMILES string of the molecule is CNC(=O)c1cccnc1N=Nc1c(O)c(C(=O)Nc2ccccc2)cc2ccccc12. The number of para-hydroxylation sites is 1. The second kappa shape index (κ2) is 9.05. The first-order chi connectivity index (χ1) is 15.6. The highest BCUT2D eigenvalue weighted by Gasteiger charge is 2.19. The summed E-state index contributed by atoms with van der Waals surface area (Å²) < 4.78 is 0. The summed E-state index contributed by atoms with van der Waals surface area (Å²) in [4.78, 5) is 29.1. The van der Waals surface area contributed by atoms with E-state index in [0.29, 0.717) is 16.5 Å². The average Bonchev–Trinajstić information content (AvgIpc) is 2.83. The van der Waals surface area contributed by atoms with E-state index in [1.807, 2.05) is 18.2 Å². The molecule has 3 aromatic carbocycles. The lowest BCUT2D eigenvalue weighted by Crippen LogP contribution is -2.18. The zero-order chi connectivity index (χ0) is 22.5. The van der Waals surface area contributed by atoms with Crippen molar-refractivity contribution in [2.24, 2.45) is 10.2 Å². The fourth-order valence-electron chi connectivity index (χ4n) is 3.20. The molecule has 1 aromatic heterocycles. The fourth-order valence-corrected chi connectivity index (χ4v) is 3.20. The van der Waals surface area contributed by atoms with Crippen molar-refractivity contribution in [1.82, 2.24) is 10.3 Å². The van der Waals surface area contributed by atoms with Crippen molar-refractivity contribution in [1.29, 1.82) is 0 Å². The van der Waals surface area contributed by atoms with Gasteiger partial charge in [0, 0.05) is 24.3 Å². The predicted octanol–water partition coefficient (Wildman–Crippen LogP) is 4.97. The van der Waals surface area contributed by atoms with Gasteiger partial charge in [0.25, 0.3) is 11.8 Å². The van der Waals surface area contributed by atoms with E-state index in [9.17, 15) is 14.7 Å². The van der Waals surface area contributed by atoms with Crippen LogP contribution in [0.2, 0.25) is 0 Å². The van der Waals surface area contributed by atoms with Crippen LogP contribution in [0.25, 0.3) is 10.8 Å². The van der Waals surface area contributed by atoms with Gasteiger partial charge in [0.1, 0.15) is 5.69 Å². The highest BCUT2D eigenvalue weighted by molar-refractivity contribution is 6.11. The number of nitrogens with one attached hydrogen (secondary N) is 2. The number of anilines is 1. The summed E-state index contributed by atoms with van der Waals surface area (Å²) in [5.41, 5.74) is 0.987. The highest BCUT2D eigenvalue weighted by atomic mass is 16.3. The Hall–Kier alpha value is -4.59. The first-order valence-electron chi connectivity index (χ1n) is 9.78. The maximum Gasteiger partial charge on any atom is 0.259 e. The van der Waals surface area contributed by atoms with Gasteiger partial charge in [-0.05, 0) is 35.7 Å². The molecule has 0 bridgehead atoms. The first-order valence-corrected chi connectivity index (χ1v) is 9.78. The molecule has 8 heteroatoms. The number of aromatic nitrogens is 1. The number of pyridine rings is 1. The van der Waals surface area contributed by atoms with Crippen LogP contribution in [0.4, 0.5) is 17.2 Å². The largest absolute Gasteiger partial charge is 0.505 e. The number of benzene rings is 3. The van der Waals surface area contributed by atoms with Crippen LogP contribution in [0.1, 0.15) is 20.7 Å². The minimum atomic E-state index is -0.486. The standard InChI is InChI=1S/C24H19N5O3/c1-25-23(31)18-12-7-13-26-22(18)29-28-20-17-11-6-5-8-15(17)14-19(21(20)30)24(32)27-16-9-3-2-4-10-16/h2-14,30H,1H3,(H,25,31)(H,27,32). The Morgan fingerprint density at radius 2 is 1.62 bits per heavy atom. The van der Waals surface area contributed by atoms with Crippen molar-refractivity contribution in [2.45, 2.75) is 0 Å². The molecule has 0 aliphatic heterocycles. The molecule has 0 atom stereocenters. The Bertz CT molecular complexity index is 1340. The molecule has 0 radical (unpaired) electrons. The summed E-state index contributed by atoms with van der Waals surface area (Å²) in [5, 5.41) is 25.8. The molecule has 32 heavy (non-hydrogen) atoms. The number of amides is 2. The van der Waals surface area contributed by atoms with E-state index in [1.54, 1.807) is 54.6 Å². The monoisotopic (exact) mass is 425 g/mol. The Balaban J connectivity index is 1.80. The Labute approximate surface area is 183 Å². The number of fused-ring (bicyclic) bond motifs is 1. The molecule has 0 fully saturated rings. The van der Waals surface area contributed by atoms with E-state index in [4.69, 9.17) is 0 Å². The van der Waals surface area contributed by atoms with E-state index in [-0.39, 0.29) is 34.3 Å². The van der Waals surface area contributed by atoms with Crippen molar-refractivity contribution >= 4 is 39.8 Å². The van der Waals surface area contributed by atoms with Gasteiger partial charge < -0.3 is 15.7 Å². The molecule has 1 heterocycles.